The molecule has 9 nitrogen and oxygen atoms in total. The number of benzene rings is 2. The van der Waals surface area contributed by atoms with Crippen LogP contribution in [0, 0.1) is 11.3 Å². The number of fused-ring (bicyclic) bond motifs is 1. The standard InChI is InChI=1S/C34H40BF3N5O4Si/c1-32(2,3)48(5,6)46-20-33(4)19-43(35-21-44)30-23(18-39)15-22(16-27(30)33)28-9-12-40-31(42-28)41-24-7-8-29(26(17-24)34(36,37)38)47-25-10-13-45-14-11-25/h7-9,12,15-17,21,25H,10-11,13-14,19-20H2,1-6H3,(H,40,41,42). The number of hydrogen-bond acceptors (Lipinski definition) is 9. The predicted molar refractivity (Wildman–Crippen MR) is 182 cm³/mol. The molecule has 5 rings (SSSR count). The SMILES string of the molecule is CC1(CO[Si](C)(C)C(C)(C)C)CN([B]C=O)c2c(C#N)cc(-c3ccnc(Nc4ccc(OC5CCOCC5)c(C(F)(F)F)c4)n3)cc21. The average molecular weight is 679 g/mol. The Morgan fingerprint density at radius 3 is 2.56 bits per heavy atom. The van der Waals surface area contributed by atoms with Crippen molar-refractivity contribution in [1.29, 1.82) is 5.26 Å². The lowest BCUT2D eigenvalue weighted by atomic mass is 9.83. The molecule has 0 bridgehead atoms. The summed E-state index contributed by atoms with van der Waals surface area (Å²) in [7, 11) is -0.703. The molecule has 2 aliphatic rings. The van der Waals surface area contributed by atoms with E-state index in [4.69, 9.17) is 13.9 Å². The number of nitrogens with one attached hydrogen (secondary N) is 1. The van der Waals surface area contributed by atoms with Crippen molar-refractivity contribution in [3.05, 3.63) is 59.3 Å². The third kappa shape index (κ3) is 7.53. The van der Waals surface area contributed by atoms with Crippen LogP contribution in [0.2, 0.25) is 18.1 Å². The van der Waals surface area contributed by atoms with Gasteiger partial charge in [-0.15, -0.1) is 0 Å². The first-order valence-electron chi connectivity index (χ1n) is 15.9. The fourth-order valence-corrected chi connectivity index (χ4v) is 6.78. The van der Waals surface area contributed by atoms with Gasteiger partial charge >= 0.3 is 13.6 Å². The number of nitrogens with zero attached hydrogens (tertiary/aromatic N) is 4. The minimum Gasteiger partial charge on any atom is -0.490 e. The van der Waals surface area contributed by atoms with E-state index in [1.54, 1.807) is 16.9 Å². The largest absolute Gasteiger partial charge is 0.490 e. The van der Waals surface area contributed by atoms with Gasteiger partial charge in [0.25, 0.3) is 0 Å². The van der Waals surface area contributed by atoms with Crippen molar-refractivity contribution < 1.29 is 31.9 Å². The Kier molecular flexibility index (Phi) is 9.97. The van der Waals surface area contributed by atoms with Crippen molar-refractivity contribution in [3.8, 4) is 23.1 Å². The molecule has 0 spiro atoms. The number of anilines is 3. The third-order valence-corrected chi connectivity index (χ3v) is 13.9. The molecule has 253 valence electrons. The van der Waals surface area contributed by atoms with E-state index in [1.165, 1.54) is 25.7 Å². The van der Waals surface area contributed by atoms with Gasteiger partial charge in [0, 0.05) is 54.5 Å². The summed E-state index contributed by atoms with van der Waals surface area (Å²) in [6.45, 7) is 14.6. The lowest BCUT2D eigenvalue weighted by molar-refractivity contribution is -0.139. The van der Waals surface area contributed by atoms with Gasteiger partial charge in [-0.25, -0.2) is 9.97 Å². The van der Waals surface area contributed by atoms with E-state index in [1.807, 2.05) is 6.07 Å². The highest BCUT2D eigenvalue weighted by atomic mass is 28.4. The van der Waals surface area contributed by atoms with Crippen molar-refractivity contribution in [2.45, 2.75) is 76.4 Å². The summed E-state index contributed by atoms with van der Waals surface area (Å²) in [4.78, 5) is 22.2. The topological polar surface area (TPSA) is 110 Å². The van der Waals surface area contributed by atoms with Gasteiger partial charge in [0.2, 0.25) is 5.95 Å². The Hall–Kier alpha value is -3.93. The molecule has 1 atom stereocenters. The Bertz CT molecular complexity index is 1710. The summed E-state index contributed by atoms with van der Waals surface area (Å²) in [5.74, 6) is -0.157. The molecule has 14 heteroatoms. The molecule has 0 saturated carbocycles. The van der Waals surface area contributed by atoms with E-state index in [2.05, 4.69) is 62.1 Å². The highest BCUT2D eigenvalue weighted by Gasteiger charge is 2.45. The minimum absolute atomic E-state index is 0.0115. The van der Waals surface area contributed by atoms with E-state index in [-0.39, 0.29) is 28.5 Å². The van der Waals surface area contributed by atoms with Crippen molar-refractivity contribution in [2.75, 3.05) is 36.5 Å². The van der Waals surface area contributed by atoms with Crippen LogP contribution in [0.3, 0.4) is 0 Å². The molecular formula is C34H40BF3N5O4Si. The van der Waals surface area contributed by atoms with Crippen LogP contribution in [0.5, 0.6) is 5.75 Å². The van der Waals surface area contributed by atoms with E-state index < -0.39 is 25.5 Å². The molecule has 1 aromatic heterocycles. The highest BCUT2D eigenvalue weighted by Crippen LogP contribution is 2.46. The first kappa shape index (κ1) is 35.4. The Morgan fingerprint density at radius 1 is 1.19 bits per heavy atom. The second-order valence-electron chi connectivity index (χ2n) is 14.1. The molecule has 2 aliphatic heterocycles. The van der Waals surface area contributed by atoms with Gasteiger partial charge in [0.05, 0.1) is 30.0 Å². The summed E-state index contributed by atoms with van der Waals surface area (Å²) in [6, 6.07) is 11.4. The molecule has 3 aromatic rings. The Morgan fingerprint density at radius 2 is 1.92 bits per heavy atom. The van der Waals surface area contributed by atoms with Gasteiger partial charge in [-0.05, 0) is 60.1 Å². The summed E-state index contributed by atoms with van der Waals surface area (Å²) in [6.07, 6.45) is -1.75. The van der Waals surface area contributed by atoms with Crippen molar-refractivity contribution in [2.24, 2.45) is 0 Å². The van der Waals surface area contributed by atoms with Crippen LogP contribution in [0.25, 0.3) is 11.3 Å². The summed E-state index contributed by atoms with van der Waals surface area (Å²) in [5.41, 5.74) is 1.62. The zero-order valence-electron chi connectivity index (χ0n) is 28.1. The maximum absolute atomic E-state index is 14.1. The molecule has 0 aliphatic carbocycles. The zero-order chi connectivity index (χ0) is 34.9. The van der Waals surface area contributed by atoms with Gasteiger partial charge in [-0.2, -0.15) is 18.4 Å². The zero-order valence-corrected chi connectivity index (χ0v) is 29.1. The number of nitriles is 1. The number of carbonyl (C=O) groups excluding carboxylic acids is 1. The lowest BCUT2D eigenvalue weighted by Gasteiger charge is -2.39. The molecule has 1 fully saturated rings. The normalized spacial score (nSPS) is 18.6. The summed E-state index contributed by atoms with van der Waals surface area (Å²) < 4.78 is 59.9. The van der Waals surface area contributed by atoms with Gasteiger partial charge in [0.15, 0.2) is 8.32 Å². The van der Waals surface area contributed by atoms with E-state index in [0.29, 0.717) is 67.9 Å². The second kappa shape index (κ2) is 13.5. The van der Waals surface area contributed by atoms with Crippen LogP contribution in [-0.4, -0.2) is 64.4 Å². The average Bonchev–Trinajstić information content (AvgIpc) is 3.31. The van der Waals surface area contributed by atoms with Crippen LogP contribution in [0.4, 0.5) is 30.5 Å². The smallest absolute Gasteiger partial charge is 0.420 e. The van der Waals surface area contributed by atoms with Gasteiger partial charge in [0.1, 0.15) is 24.1 Å². The van der Waals surface area contributed by atoms with E-state index in [9.17, 15) is 23.2 Å². The highest BCUT2D eigenvalue weighted by molar-refractivity contribution is 6.74. The van der Waals surface area contributed by atoms with E-state index in [0.717, 1.165) is 11.6 Å². The van der Waals surface area contributed by atoms with Crippen molar-refractivity contribution in [1.82, 2.24) is 9.97 Å². The van der Waals surface area contributed by atoms with Gasteiger partial charge in [-0.1, -0.05) is 27.7 Å². The molecule has 2 aromatic carbocycles. The van der Waals surface area contributed by atoms with Crippen molar-refractivity contribution >= 4 is 39.2 Å². The maximum Gasteiger partial charge on any atom is 0.420 e. The first-order chi connectivity index (χ1) is 22.5. The predicted octanol–water partition coefficient (Wildman–Crippen LogP) is 7.24. The third-order valence-electron chi connectivity index (χ3n) is 9.44. The number of hydrogen-bond donors (Lipinski definition) is 1. The summed E-state index contributed by atoms with van der Waals surface area (Å²) in [5, 5.41) is 13.1. The lowest BCUT2D eigenvalue weighted by Crippen LogP contribution is -2.46. The van der Waals surface area contributed by atoms with Gasteiger partial charge in [-0.3, -0.25) is 0 Å². The van der Waals surface area contributed by atoms with Crippen LogP contribution in [0.1, 0.15) is 57.2 Å². The van der Waals surface area contributed by atoms with Crippen LogP contribution >= 0.6 is 0 Å². The molecule has 1 saturated heterocycles. The molecule has 1 N–H and O–H groups in total. The monoisotopic (exact) mass is 678 g/mol. The Labute approximate surface area is 281 Å². The quantitative estimate of drug-likeness (QED) is 0.175. The number of halogens is 3. The molecule has 1 radical (unpaired) electrons. The number of rotatable bonds is 10. The molecule has 3 heterocycles. The van der Waals surface area contributed by atoms with Crippen LogP contribution in [0.15, 0.2) is 42.6 Å². The molecule has 0 amide bonds. The number of carbonyl (C=O) groups is 1. The minimum atomic E-state index is -4.64. The van der Waals surface area contributed by atoms with Crippen molar-refractivity contribution in [3.63, 3.8) is 0 Å². The molecular weight excluding hydrogens is 638 g/mol. The molecule has 1 unspecified atom stereocenters. The molecule has 48 heavy (non-hydrogen) atoms. The second-order valence-corrected chi connectivity index (χ2v) is 18.9. The summed E-state index contributed by atoms with van der Waals surface area (Å²) >= 11 is 0. The van der Waals surface area contributed by atoms with Gasteiger partial charge < -0.3 is 28.8 Å². The number of ether oxygens (including phenoxy) is 2. The maximum atomic E-state index is 14.1. The Balaban J connectivity index is 1.47. The fourth-order valence-electron chi connectivity index (χ4n) is 5.67. The first-order valence-corrected chi connectivity index (χ1v) is 18.8. The fraction of sp³-hybridized carbons (Fsp3) is 0.471. The number of alkyl halides is 3. The van der Waals surface area contributed by atoms with E-state index >= 15 is 0 Å². The number of aromatic nitrogens is 2. The van der Waals surface area contributed by atoms with Crippen LogP contribution < -0.4 is 14.9 Å². The van der Waals surface area contributed by atoms with Crippen LogP contribution in [-0.2, 0) is 25.5 Å².